The van der Waals surface area contributed by atoms with Gasteiger partial charge < -0.3 is 9.30 Å². The monoisotopic (exact) mass is 503 g/mol. The number of hydrazone groups is 1. The molecule has 7 nitrogen and oxygen atoms in total. The lowest BCUT2D eigenvalue weighted by atomic mass is 10.1. The van der Waals surface area contributed by atoms with Gasteiger partial charge in [-0.2, -0.15) is 15.1 Å². The molecular weight excluding hydrogens is 482 g/mol. The summed E-state index contributed by atoms with van der Waals surface area (Å²) >= 11 is 7.28. The van der Waals surface area contributed by atoms with E-state index in [4.69, 9.17) is 21.7 Å². The third kappa shape index (κ3) is 4.42. The molecule has 0 aliphatic carbocycles. The molecule has 0 bridgehead atoms. The molecule has 2 aliphatic rings. The van der Waals surface area contributed by atoms with E-state index in [0.29, 0.717) is 15.2 Å². The number of fused-ring (bicyclic) bond motifs is 1. The largest absolute Gasteiger partial charge is 0.486 e. The molecule has 0 radical (unpaired) electrons. The van der Waals surface area contributed by atoms with Crippen molar-refractivity contribution < 1.29 is 9.53 Å². The van der Waals surface area contributed by atoms with Crippen molar-refractivity contribution in [2.75, 3.05) is 6.61 Å². The van der Waals surface area contributed by atoms with Crippen LogP contribution in [0.5, 0.6) is 5.75 Å². The molecule has 2 aromatic carbocycles. The number of nitrogens with zero attached hydrogens (tertiary/aromatic N) is 4. The molecular formula is C26H22ClN5O2S. The Labute approximate surface area is 212 Å². The number of aryl methyl sites for hydroxylation is 2. The number of aromatic nitrogens is 1. The topological polar surface area (TPSA) is 83.0 Å². The Morgan fingerprint density at radius 3 is 2.60 bits per heavy atom. The molecule has 0 fully saturated rings. The van der Waals surface area contributed by atoms with E-state index in [0.717, 1.165) is 34.0 Å². The summed E-state index contributed by atoms with van der Waals surface area (Å²) in [6.45, 7) is 6.18. The molecule has 0 spiro atoms. The van der Waals surface area contributed by atoms with Crippen molar-refractivity contribution in [2.45, 2.75) is 20.8 Å². The first kappa shape index (κ1) is 23.1. The molecule has 0 atom stereocenters. The molecule has 3 aromatic rings. The molecule has 1 aromatic heterocycles. The molecule has 5 rings (SSSR count). The highest BCUT2D eigenvalue weighted by atomic mass is 35.5. The summed E-state index contributed by atoms with van der Waals surface area (Å²) in [5.74, 6) is 0.307. The first-order valence-electron chi connectivity index (χ1n) is 10.9. The van der Waals surface area contributed by atoms with Crippen LogP contribution < -0.4 is 4.74 Å². The van der Waals surface area contributed by atoms with Gasteiger partial charge in [0.25, 0.3) is 5.91 Å². The van der Waals surface area contributed by atoms with Crippen LogP contribution in [0.3, 0.4) is 0 Å². The minimum absolute atomic E-state index is 0.00492. The molecule has 176 valence electrons. The number of amides is 1. The summed E-state index contributed by atoms with van der Waals surface area (Å²) in [4.78, 5) is 17.0. The van der Waals surface area contributed by atoms with E-state index >= 15 is 0 Å². The van der Waals surface area contributed by atoms with Gasteiger partial charge in [0.15, 0.2) is 5.84 Å². The molecule has 9 heteroatoms. The fourth-order valence-corrected chi connectivity index (χ4v) is 4.95. The zero-order valence-electron chi connectivity index (χ0n) is 19.4. The Hall–Kier alpha value is -3.62. The summed E-state index contributed by atoms with van der Waals surface area (Å²) < 4.78 is 7.96. The number of carbonyl (C=O) groups is 1. The van der Waals surface area contributed by atoms with Crippen molar-refractivity contribution >= 4 is 51.4 Å². The number of hydrogen-bond donors (Lipinski definition) is 1. The van der Waals surface area contributed by atoms with Gasteiger partial charge in [-0.1, -0.05) is 29.8 Å². The number of aliphatic imine (C=N–C) groups is 1. The first-order valence-corrected chi connectivity index (χ1v) is 12.1. The molecule has 1 amide bonds. The SMILES string of the molecule is Cc1ccccc1OCC1=NN2C(=N)/C(=C/c3cc(C)n(-c4ccc(Cl)cc4)c3C)C(=O)N=C2S1. The fourth-order valence-electron chi connectivity index (χ4n) is 4.02. The fraction of sp³-hybridized carbons (Fsp3) is 0.154. The van der Waals surface area contributed by atoms with Crippen molar-refractivity contribution in [3.8, 4) is 11.4 Å². The standard InChI is InChI=1S/C26H22ClN5O2S/c1-15-6-4-5-7-22(15)34-14-23-30-32-24(28)21(25(33)29-26(32)35-23)13-18-12-16(2)31(17(18)3)20-10-8-19(27)9-11-20/h4-13,28H,14H2,1-3H3/b21-13-,28-24?. The summed E-state index contributed by atoms with van der Waals surface area (Å²) in [5.41, 5.74) is 4.97. The quantitative estimate of drug-likeness (QED) is 0.449. The summed E-state index contributed by atoms with van der Waals surface area (Å²) in [6, 6.07) is 17.3. The second-order valence-electron chi connectivity index (χ2n) is 8.21. The van der Waals surface area contributed by atoms with Crippen LogP contribution in [0.2, 0.25) is 5.02 Å². The van der Waals surface area contributed by atoms with E-state index in [2.05, 4.69) is 14.7 Å². The van der Waals surface area contributed by atoms with Crippen LogP contribution in [0, 0.1) is 26.2 Å². The normalized spacial score (nSPS) is 16.5. The number of hydrogen-bond acceptors (Lipinski definition) is 5. The number of benzene rings is 2. The highest BCUT2D eigenvalue weighted by Crippen LogP contribution is 2.30. The predicted molar refractivity (Wildman–Crippen MR) is 142 cm³/mol. The lowest BCUT2D eigenvalue weighted by Gasteiger charge is -2.20. The third-order valence-electron chi connectivity index (χ3n) is 5.80. The van der Waals surface area contributed by atoms with Crippen molar-refractivity contribution in [1.82, 2.24) is 9.58 Å². The molecule has 0 saturated carbocycles. The summed E-state index contributed by atoms with van der Waals surface area (Å²) in [7, 11) is 0. The van der Waals surface area contributed by atoms with Crippen molar-refractivity contribution in [3.63, 3.8) is 0 Å². The summed E-state index contributed by atoms with van der Waals surface area (Å²) in [5, 5.41) is 16.2. The number of nitrogens with one attached hydrogen (secondary N) is 1. The number of ether oxygens (including phenoxy) is 1. The lowest BCUT2D eigenvalue weighted by Crippen LogP contribution is -2.35. The Morgan fingerprint density at radius 2 is 1.86 bits per heavy atom. The van der Waals surface area contributed by atoms with Crippen LogP contribution in [0.15, 0.2) is 70.3 Å². The van der Waals surface area contributed by atoms with E-state index in [1.165, 1.54) is 16.8 Å². The molecule has 2 aliphatic heterocycles. The van der Waals surface area contributed by atoms with Gasteiger partial charge >= 0.3 is 0 Å². The second-order valence-corrected chi connectivity index (χ2v) is 9.68. The number of rotatable bonds is 5. The van der Waals surface area contributed by atoms with Crippen molar-refractivity contribution in [3.05, 3.63) is 87.7 Å². The first-order chi connectivity index (χ1) is 16.8. The Balaban J connectivity index is 1.40. The average Bonchev–Trinajstić information content (AvgIpc) is 3.36. The van der Waals surface area contributed by atoms with Crippen molar-refractivity contribution in [1.29, 1.82) is 5.41 Å². The second kappa shape index (κ2) is 9.20. The molecule has 1 N–H and O–H groups in total. The smallest absolute Gasteiger partial charge is 0.283 e. The van der Waals surface area contributed by atoms with Gasteiger partial charge in [-0.15, -0.1) is 0 Å². The van der Waals surface area contributed by atoms with E-state index in [9.17, 15) is 4.79 Å². The maximum Gasteiger partial charge on any atom is 0.283 e. The van der Waals surface area contributed by atoms with Gasteiger partial charge in [0, 0.05) is 22.1 Å². The zero-order chi connectivity index (χ0) is 24.7. The summed E-state index contributed by atoms with van der Waals surface area (Å²) in [6.07, 6.45) is 1.71. The number of amidine groups is 2. The maximum absolute atomic E-state index is 12.9. The molecule has 35 heavy (non-hydrogen) atoms. The van der Waals surface area contributed by atoms with E-state index in [-0.39, 0.29) is 18.0 Å². The Bertz CT molecular complexity index is 1450. The number of halogens is 1. The van der Waals surface area contributed by atoms with Crippen LogP contribution in [-0.2, 0) is 4.79 Å². The maximum atomic E-state index is 12.9. The van der Waals surface area contributed by atoms with Crippen LogP contribution in [0.4, 0.5) is 0 Å². The Morgan fingerprint density at radius 1 is 1.11 bits per heavy atom. The predicted octanol–water partition coefficient (Wildman–Crippen LogP) is 5.75. The molecule has 0 saturated heterocycles. The average molecular weight is 504 g/mol. The van der Waals surface area contributed by atoms with Gasteiger partial charge in [-0.05, 0) is 86.1 Å². The number of carbonyl (C=O) groups excluding carboxylic acids is 1. The van der Waals surface area contributed by atoms with Gasteiger partial charge in [-0.25, -0.2) is 0 Å². The lowest BCUT2D eigenvalue weighted by molar-refractivity contribution is -0.114. The van der Waals surface area contributed by atoms with Crippen molar-refractivity contribution in [2.24, 2.45) is 10.1 Å². The molecule has 0 unspecified atom stereocenters. The van der Waals surface area contributed by atoms with Gasteiger partial charge in [0.05, 0.1) is 5.57 Å². The molecule has 3 heterocycles. The van der Waals surface area contributed by atoms with Crippen LogP contribution >= 0.6 is 23.4 Å². The Kier molecular flexibility index (Phi) is 6.08. The van der Waals surface area contributed by atoms with E-state index in [1.54, 1.807) is 6.08 Å². The number of para-hydroxylation sites is 1. The van der Waals surface area contributed by atoms with Gasteiger partial charge in [-0.3, -0.25) is 10.2 Å². The van der Waals surface area contributed by atoms with Gasteiger partial charge in [0.2, 0.25) is 5.17 Å². The zero-order valence-corrected chi connectivity index (χ0v) is 20.9. The van der Waals surface area contributed by atoms with Crippen LogP contribution in [0.1, 0.15) is 22.5 Å². The minimum atomic E-state index is -0.457. The highest BCUT2D eigenvalue weighted by molar-refractivity contribution is 8.27. The van der Waals surface area contributed by atoms with E-state index < -0.39 is 5.91 Å². The van der Waals surface area contributed by atoms with Gasteiger partial charge in [0.1, 0.15) is 17.4 Å². The van der Waals surface area contributed by atoms with Crippen LogP contribution in [0.25, 0.3) is 11.8 Å². The third-order valence-corrected chi connectivity index (χ3v) is 6.93. The van der Waals surface area contributed by atoms with E-state index in [1.807, 2.05) is 75.4 Å². The van der Waals surface area contributed by atoms with Crippen LogP contribution in [-0.4, -0.2) is 38.1 Å². The highest BCUT2D eigenvalue weighted by Gasteiger charge is 2.36. The number of thioether (sulfide) groups is 1. The minimum Gasteiger partial charge on any atom is -0.486 e.